The Morgan fingerprint density at radius 3 is 2.85 bits per heavy atom. The van der Waals surface area contributed by atoms with Gasteiger partial charge in [0.2, 0.25) is 5.91 Å². The monoisotopic (exact) mass is 390 g/mol. The van der Waals surface area contributed by atoms with Crippen molar-refractivity contribution in [3.05, 3.63) is 51.1 Å². The Morgan fingerprint density at radius 1 is 1.35 bits per heavy atom. The van der Waals surface area contributed by atoms with E-state index in [2.05, 4.69) is 4.98 Å². The molecule has 0 bridgehead atoms. The molecule has 0 aromatic carbocycles. The fourth-order valence-corrected chi connectivity index (χ4v) is 3.98. The van der Waals surface area contributed by atoms with Crippen LogP contribution in [0, 0.1) is 6.92 Å². The second-order valence-electron chi connectivity index (χ2n) is 5.76. The largest absolute Gasteiger partial charge is 0.465 e. The molecule has 0 aliphatic heterocycles. The third kappa shape index (κ3) is 4.03. The van der Waals surface area contributed by atoms with Crippen molar-refractivity contribution in [1.29, 1.82) is 0 Å². The van der Waals surface area contributed by atoms with Crippen LogP contribution in [0.15, 0.2) is 32.7 Å². The predicted molar refractivity (Wildman–Crippen MR) is 100 cm³/mol. The molecule has 0 aliphatic rings. The molecule has 0 N–H and O–H groups in total. The highest BCUT2D eigenvalue weighted by Gasteiger charge is 2.19. The lowest BCUT2D eigenvalue weighted by molar-refractivity contribution is -0.130. The van der Waals surface area contributed by atoms with Crippen LogP contribution in [-0.4, -0.2) is 35.9 Å². The van der Waals surface area contributed by atoms with Gasteiger partial charge >= 0.3 is 5.97 Å². The number of methoxy groups -OCH3 is 1. The average molecular weight is 390 g/mol. The molecule has 0 aliphatic carbocycles. The molecular weight excluding hydrogens is 372 g/mol. The van der Waals surface area contributed by atoms with E-state index < -0.39 is 5.97 Å². The molecule has 0 radical (unpaired) electrons. The fraction of sp³-hybridized carbons (Fsp3) is 0.278. The van der Waals surface area contributed by atoms with E-state index >= 15 is 0 Å². The summed E-state index contributed by atoms with van der Waals surface area (Å²) >= 11 is 3.15. The summed E-state index contributed by atoms with van der Waals surface area (Å²) in [6.45, 7) is 1.97. The van der Waals surface area contributed by atoms with E-state index in [1.54, 1.807) is 36.3 Å². The summed E-state index contributed by atoms with van der Waals surface area (Å²) < 4.78 is 10.3. The second kappa shape index (κ2) is 7.84. The van der Waals surface area contributed by atoms with Crippen molar-refractivity contribution >= 4 is 34.6 Å². The minimum atomic E-state index is -0.449. The van der Waals surface area contributed by atoms with Gasteiger partial charge in [0.05, 0.1) is 25.8 Å². The Kier molecular flexibility index (Phi) is 5.53. The third-order valence-corrected chi connectivity index (χ3v) is 5.47. The first-order valence-electron chi connectivity index (χ1n) is 7.86. The van der Waals surface area contributed by atoms with Gasteiger partial charge in [-0.25, -0.2) is 9.78 Å². The number of likely N-dealkylation sites (N-methyl/N-ethyl adjacent to an activating group) is 1. The minimum Gasteiger partial charge on any atom is -0.465 e. The van der Waals surface area contributed by atoms with Crippen LogP contribution in [0.5, 0.6) is 0 Å². The maximum atomic E-state index is 12.5. The van der Waals surface area contributed by atoms with E-state index in [0.29, 0.717) is 17.1 Å². The van der Waals surface area contributed by atoms with E-state index in [9.17, 15) is 9.59 Å². The van der Waals surface area contributed by atoms with Gasteiger partial charge in [0.1, 0.15) is 22.1 Å². The van der Waals surface area contributed by atoms with Crippen molar-refractivity contribution in [3.63, 3.8) is 0 Å². The molecule has 26 heavy (non-hydrogen) atoms. The Labute approximate surface area is 159 Å². The van der Waals surface area contributed by atoms with Crippen molar-refractivity contribution < 1.29 is 18.7 Å². The van der Waals surface area contributed by atoms with Crippen molar-refractivity contribution in [2.75, 3.05) is 14.2 Å². The van der Waals surface area contributed by atoms with Gasteiger partial charge in [0.15, 0.2) is 0 Å². The lowest BCUT2D eigenvalue weighted by atomic mass is 10.2. The predicted octanol–water partition coefficient (Wildman–Crippen LogP) is 3.76. The number of carbonyl (C=O) groups is 2. The molecule has 6 nitrogen and oxygen atoms in total. The quantitative estimate of drug-likeness (QED) is 0.599. The number of esters is 1. The first kappa shape index (κ1) is 18.3. The number of amides is 1. The molecular formula is C18H18N2O4S2. The Bertz CT molecular complexity index is 912. The zero-order chi connectivity index (χ0) is 18.7. The van der Waals surface area contributed by atoms with Crippen LogP contribution in [0.2, 0.25) is 0 Å². The van der Waals surface area contributed by atoms with Crippen LogP contribution >= 0.6 is 22.7 Å². The number of hydrogen-bond donors (Lipinski definition) is 0. The van der Waals surface area contributed by atoms with E-state index in [1.807, 2.05) is 22.2 Å². The molecule has 3 heterocycles. The first-order chi connectivity index (χ1) is 12.5. The number of aromatic nitrogens is 1. The Hall–Kier alpha value is -2.45. The van der Waals surface area contributed by atoms with Gasteiger partial charge in [-0.05, 0) is 24.4 Å². The Balaban J connectivity index is 1.62. The molecule has 8 heteroatoms. The van der Waals surface area contributed by atoms with E-state index in [1.165, 1.54) is 18.4 Å². The van der Waals surface area contributed by atoms with Crippen molar-refractivity contribution in [2.45, 2.75) is 19.9 Å². The number of rotatable bonds is 6. The summed E-state index contributed by atoms with van der Waals surface area (Å²) in [6, 6.07) is 3.63. The fourth-order valence-electron chi connectivity index (χ4n) is 2.45. The van der Waals surface area contributed by atoms with E-state index in [4.69, 9.17) is 9.15 Å². The molecule has 136 valence electrons. The molecule has 0 atom stereocenters. The maximum Gasteiger partial charge on any atom is 0.341 e. The van der Waals surface area contributed by atoms with Crippen molar-refractivity contribution in [1.82, 2.24) is 9.88 Å². The molecule has 0 unspecified atom stereocenters. The highest BCUT2D eigenvalue weighted by atomic mass is 32.1. The second-order valence-corrected chi connectivity index (χ2v) is 7.39. The molecule has 0 spiro atoms. The SMILES string of the molecule is COC(=O)c1cc(CN(C)C(=O)Cc2csc(-c3ccsc3)n2)oc1C. The molecule has 3 rings (SSSR count). The minimum absolute atomic E-state index is 0.0687. The molecule has 3 aromatic rings. The van der Waals surface area contributed by atoms with Gasteiger partial charge in [0.25, 0.3) is 0 Å². The van der Waals surface area contributed by atoms with Crippen LogP contribution < -0.4 is 0 Å². The number of furan rings is 1. The van der Waals surface area contributed by atoms with Gasteiger partial charge in [0, 0.05) is 23.4 Å². The number of ether oxygens (including phenoxy) is 1. The maximum absolute atomic E-state index is 12.5. The lowest BCUT2D eigenvalue weighted by Crippen LogP contribution is -2.27. The summed E-state index contributed by atoms with van der Waals surface area (Å²) in [7, 11) is 3.02. The van der Waals surface area contributed by atoms with Crippen LogP contribution in [0.25, 0.3) is 10.6 Å². The topological polar surface area (TPSA) is 72.6 Å². The zero-order valence-electron chi connectivity index (χ0n) is 14.6. The molecule has 0 saturated carbocycles. The molecule has 0 fully saturated rings. The van der Waals surface area contributed by atoms with Crippen LogP contribution in [0.4, 0.5) is 0 Å². The number of hydrogen-bond acceptors (Lipinski definition) is 7. The van der Waals surface area contributed by atoms with Crippen LogP contribution in [-0.2, 0) is 22.5 Å². The molecule has 1 amide bonds. The summed E-state index contributed by atoms with van der Waals surface area (Å²) in [5.41, 5.74) is 2.20. The van der Waals surface area contributed by atoms with Crippen molar-refractivity contribution in [3.8, 4) is 10.6 Å². The summed E-state index contributed by atoms with van der Waals surface area (Å²) in [4.78, 5) is 30.2. The van der Waals surface area contributed by atoms with Crippen LogP contribution in [0.3, 0.4) is 0 Å². The van der Waals surface area contributed by atoms with E-state index in [-0.39, 0.29) is 18.9 Å². The standard InChI is InChI=1S/C18H18N2O4S2/c1-11-15(18(22)23-3)7-14(24-11)8-20(2)16(21)6-13-10-26-17(19-13)12-4-5-25-9-12/h4-5,7,9-10H,6,8H2,1-3H3. The zero-order valence-corrected chi connectivity index (χ0v) is 16.3. The lowest BCUT2D eigenvalue weighted by Gasteiger charge is -2.14. The van der Waals surface area contributed by atoms with Gasteiger partial charge in [-0.2, -0.15) is 11.3 Å². The highest BCUT2D eigenvalue weighted by Crippen LogP contribution is 2.26. The first-order valence-corrected chi connectivity index (χ1v) is 9.68. The van der Waals surface area contributed by atoms with Crippen LogP contribution in [0.1, 0.15) is 27.6 Å². The number of aryl methyl sites for hydroxylation is 1. The number of thiazole rings is 1. The number of thiophene rings is 1. The average Bonchev–Trinajstić information content (AvgIpc) is 3.34. The Morgan fingerprint density at radius 2 is 2.15 bits per heavy atom. The number of nitrogens with zero attached hydrogens (tertiary/aromatic N) is 2. The molecule has 3 aromatic heterocycles. The number of carbonyl (C=O) groups excluding carboxylic acids is 2. The van der Waals surface area contributed by atoms with Gasteiger partial charge in [-0.15, -0.1) is 11.3 Å². The van der Waals surface area contributed by atoms with Gasteiger partial charge in [-0.1, -0.05) is 0 Å². The van der Waals surface area contributed by atoms with Gasteiger partial charge < -0.3 is 14.1 Å². The van der Waals surface area contributed by atoms with Gasteiger partial charge in [-0.3, -0.25) is 4.79 Å². The summed E-state index contributed by atoms with van der Waals surface area (Å²) in [6.07, 6.45) is 0.223. The van der Waals surface area contributed by atoms with E-state index in [0.717, 1.165) is 16.3 Å². The highest BCUT2D eigenvalue weighted by molar-refractivity contribution is 7.14. The smallest absolute Gasteiger partial charge is 0.341 e. The summed E-state index contributed by atoms with van der Waals surface area (Å²) in [5, 5.41) is 6.87. The van der Waals surface area contributed by atoms with Crippen molar-refractivity contribution in [2.24, 2.45) is 0 Å². The summed E-state index contributed by atoms with van der Waals surface area (Å²) in [5.74, 6) is 0.499. The third-order valence-electron chi connectivity index (χ3n) is 3.85. The normalized spacial score (nSPS) is 10.7. The molecule has 0 saturated heterocycles.